The lowest BCUT2D eigenvalue weighted by atomic mass is 9.80. The van der Waals surface area contributed by atoms with E-state index in [0.717, 1.165) is 5.92 Å². The summed E-state index contributed by atoms with van der Waals surface area (Å²) in [5.74, 6) is 1.34. The van der Waals surface area contributed by atoms with Crippen molar-refractivity contribution in [3.05, 3.63) is 71.3 Å². The first-order chi connectivity index (χ1) is 10.9. The standard InChI is InChI=1S/C21H25N/c1-2-14-22-15-8-13-19-20(16-9-4-3-5-10-16)17-11-6-7-12-18(17)21(19)22/h3-7,9-12,19-21H,2,8,13-15H2,1H3/t19-,20+,21+/m1/s1. The summed E-state index contributed by atoms with van der Waals surface area (Å²) in [4.78, 5) is 2.75. The summed E-state index contributed by atoms with van der Waals surface area (Å²) < 4.78 is 0. The summed E-state index contributed by atoms with van der Waals surface area (Å²) >= 11 is 0. The predicted molar refractivity (Wildman–Crippen MR) is 92.1 cm³/mol. The van der Waals surface area contributed by atoms with Gasteiger partial charge >= 0.3 is 0 Å². The monoisotopic (exact) mass is 291 g/mol. The molecule has 0 spiro atoms. The summed E-state index contributed by atoms with van der Waals surface area (Å²) in [6, 6.07) is 21.0. The van der Waals surface area contributed by atoms with Gasteiger partial charge in [-0.3, -0.25) is 4.90 Å². The highest BCUT2D eigenvalue weighted by Gasteiger charge is 2.45. The van der Waals surface area contributed by atoms with Crippen molar-refractivity contribution in [2.24, 2.45) is 5.92 Å². The van der Waals surface area contributed by atoms with Gasteiger partial charge in [-0.25, -0.2) is 0 Å². The molecule has 0 bridgehead atoms. The van der Waals surface area contributed by atoms with Crippen LogP contribution in [-0.2, 0) is 0 Å². The molecule has 22 heavy (non-hydrogen) atoms. The molecule has 1 aliphatic heterocycles. The Morgan fingerprint density at radius 1 is 0.955 bits per heavy atom. The van der Waals surface area contributed by atoms with E-state index in [1.807, 2.05) is 0 Å². The van der Waals surface area contributed by atoms with Gasteiger partial charge in [0.2, 0.25) is 0 Å². The van der Waals surface area contributed by atoms with E-state index in [1.54, 1.807) is 11.1 Å². The zero-order chi connectivity index (χ0) is 14.9. The van der Waals surface area contributed by atoms with Gasteiger partial charge in [0, 0.05) is 12.0 Å². The molecule has 4 rings (SSSR count). The lowest BCUT2D eigenvalue weighted by molar-refractivity contribution is 0.0978. The van der Waals surface area contributed by atoms with Gasteiger partial charge in [0.05, 0.1) is 0 Å². The van der Waals surface area contributed by atoms with E-state index >= 15 is 0 Å². The first-order valence-electron chi connectivity index (χ1n) is 8.78. The maximum atomic E-state index is 2.75. The fourth-order valence-corrected chi connectivity index (χ4v) is 4.79. The first kappa shape index (κ1) is 14.0. The first-order valence-corrected chi connectivity index (χ1v) is 8.78. The molecule has 2 aliphatic rings. The molecule has 2 aromatic rings. The molecule has 1 saturated heterocycles. The Bertz CT molecular complexity index is 631. The van der Waals surface area contributed by atoms with Crippen LogP contribution in [0, 0.1) is 5.92 Å². The van der Waals surface area contributed by atoms with E-state index in [0.29, 0.717) is 12.0 Å². The van der Waals surface area contributed by atoms with Crippen LogP contribution in [0.1, 0.15) is 54.8 Å². The van der Waals surface area contributed by atoms with Gasteiger partial charge in [-0.1, -0.05) is 61.5 Å². The van der Waals surface area contributed by atoms with Crippen molar-refractivity contribution < 1.29 is 0 Å². The van der Waals surface area contributed by atoms with Crippen LogP contribution >= 0.6 is 0 Å². The van der Waals surface area contributed by atoms with E-state index in [1.165, 1.54) is 37.9 Å². The number of benzene rings is 2. The van der Waals surface area contributed by atoms with Crippen LogP contribution in [-0.4, -0.2) is 18.0 Å². The molecular formula is C21H25N. The Morgan fingerprint density at radius 3 is 2.45 bits per heavy atom. The van der Waals surface area contributed by atoms with Gasteiger partial charge in [0.25, 0.3) is 0 Å². The summed E-state index contributed by atoms with van der Waals surface area (Å²) in [7, 11) is 0. The maximum Gasteiger partial charge on any atom is 0.0388 e. The van der Waals surface area contributed by atoms with Gasteiger partial charge in [0.1, 0.15) is 0 Å². The fourth-order valence-electron chi connectivity index (χ4n) is 4.79. The number of hydrogen-bond donors (Lipinski definition) is 0. The van der Waals surface area contributed by atoms with E-state index in [2.05, 4.69) is 66.4 Å². The van der Waals surface area contributed by atoms with Crippen molar-refractivity contribution in [3.8, 4) is 0 Å². The van der Waals surface area contributed by atoms with Crippen LogP contribution in [0.3, 0.4) is 0 Å². The minimum Gasteiger partial charge on any atom is -0.296 e. The number of fused-ring (bicyclic) bond motifs is 3. The number of piperidine rings is 1. The molecule has 0 radical (unpaired) electrons. The van der Waals surface area contributed by atoms with E-state index < -0.39 is 0 Å². The SMILES string of the molecule is CCCN1CCC[C@@H]2[C@@H](c3ccccc3)c3ccccc3[C@@H]21. The second-order valence-corrected chi connectivity index (χ2v) is 6.80. The largest absolute Gasteiger partial charge is 0.296 e. The van der Waals surface area contributed by atoms with E-state index in [-0.39, 0.29) is 0 Å². The smallest absolute Gasteiger partial charge is 0.0388 e. The Hall–Kier alpha value is -1.60. The maximum absolute atomic E-state index is 2.75. The molecular weight excluding hydrogens is 266 g/mol. The fraction of sp³-hybridized carbons (Fsp3) is 0.429. The summed E-state index contributed by atoms with van der Waals surface area (Å²) in [5.41, 5.74) is 4.67. The van der Waals surface area contributed by atoms with Crippen molar-refractivity contribution in [1.82, 2.24) is 4.90 Å². The third kappa shape index (κ3) is 2.19. The Morgan fingerprint density at radius 2 is 1.68 bits per heavy atom. The number of likely N-dealkylation sites (tertiary alicyclic amines) is 1. The molecule has 1 nitrogen and oxygen atoms in total. The molecule has 1 fully saturated rings. The summed E-state index contributed by atoms with van der Waals surface area (Å²) in [5, 5.41) is 0. The second kappa shape index (κ2) is 5.89. The van der Waals surface area contributed by atoms with Crippen molar-refractivity contribution in [2.45, 2.75) is 38.1 Å². The van der Waals surface area contributed by atoms with Crippen molar-refractivity contribution in [2.75, 3.05) is 13.1 Å². The quantitative estimate of drug-likeness (QED) is 0.769. The topological polar surface area (TPSA) is 3.24 Å². The molecule has 0 aromatic heterocycles. The third-order valence-electron chi connectivity index (χ3n) is 5.53. The van der Waals surface area contributed by atoms with Gasteiger partial charge in [0.15, 0.2) is 0 Å². The van der Waals surface area contributed by atoms with Crippen LogP contribution in [0.2, 0.25) is 0 Å². The van der Waals surface area contributed by atoms with Crippen molar-refractivity contribution in [1.29, 1.82) is 0 Å². The van der Waals surface area contributed by atoms with Gasteiger partial charge in [-0.15, -0.1) is 0 Å². The zero-order valence-corrected chi connectivity index (χ0v) is 13.4. The Kier molecular flexibility index (Phi) is 3.75. The summed E-state index contributed by atoms with van der Waals surface area (Å²) in [6.45, 7) is 4.81. The van der Waals surface area contributed by atoms with Crippen LogP contribution in [0.15, 0.2) is 54.6 Å². The lowest BCUT2D eigenvalue weighted by Crippen LogP contribution is -2.38. The van der Waals surface area contributed by atoms with Gasteiger partial charge < -0.3 is 0 Å². The molecule has 1 heteroatoms. The minimum absolute atomic E-state index is 0.585. The highest BCUT2D eigenvalue weighted by molar-refractivity contribution is 5.46. The van der Waals surface area contributed by atoms with Gasteiger partial charge in [-0.05, 0) is 55.0 Å². The molecule has 1 aliphatic carbocycles. The molecule has 2 aromatic carbocycles. The van der Waals surface area contributed by atoms with Crippen LogP contribution in [0.25, 0.3) is 0 Å². The van der Waals surface area contributed by atoms with Crippen LogP contribution in [0.4, 0.5) is 0 Å². The van der Waals surface area contributed by atoms with E-state index in [9.17, 15) is 0 Å². The molecule has 3 atom stereocenters. The van der Waals surface area contributed by atoms with E-state index in [4.69, 9.17) is 0 Å². The molecule has 114 valence electrons. The minimum atomic E-state index is 0.585. The zero-order valence-electron chi connectivity index (χ0n) is 13.4. The molecule has 0 unspecified atom stereocenters. The lowest BCUT2D eigenvalue weighted by Gasteiger charge is -2.39. The summed E-state index contributed by atoms with van der Waals surface area (Å²) in [6.07, 6.45) is 3.96. The predicted octanol–water partition coefficient (Wildman–Crippen LogP) is 5.00. The molecule has 0 saturated carbocycles. The van der Waals surface area contributed by atoms with Crippen molar-refractivity contribution in [3.63, 3.8) is 0 Å². The number of hydrogen-bond acceptors (Lipinski definition) is 1. The van der Waals surface area contributed by atoms with Crippen LogP contribution < -0.4 is 0 Å². The average Bonchev–Trinajstić information content (AvgIpc) is 2.91. The Labute approximate surface area is 134 Å². The number of nitrogens with zero attached hydrogens (tertiary/aromatic N) is 1. The average molecular weight is 291 g/mol. The Balaban J connectivity index is 1.80. The highest BCUT2D eigenvalue weighted by atomic mass is 15.2. The third-order valence-corrected chi connectivity index (χ3v) is 5.53. The molecule has 0 amide bonds. The van der Waals surface area contributed by atoms with Crippen molar-refractivity contribution >= 4 is 0 Å². The molecule has 0 N–H and O–H groups in total. The normalized spacial score (nSPS) is 27.4. The highest BCUT2D eigenvalue weighted by Crippen LogP contribution is 2.54. The van der Waals surface area contributed by atoms with Crippen LogP contribution in [0.5, 0.6) is 0 Å². The van der Waals surface area contributed by atoms with Gasteiger partial charge in [-0.2, -0.15) is 0 Å². The molecule has 1 heterocycles. The second-order valence-electron chi connectivity index (χ2n) is 6.80. The number of rotatable bonds is 3.